The predicted octanol–water partition coefficient (Wildman–Crippen LogP) is 3.05. The minimum Gasteiger partial charge on any atom is -0.472 e. The molecule has 0 spiro atoms. The van der Waals surface area contributed by atoms with Gasteiger partial charge in [0.15, 0.2) is 0 Å². The minimum absolute atomic E-state index is 0.428. The van der Waals surface area contributed by atoms with Gasteiger partial charge in [0.25, 0.3) is 0 Å². The highest BCUT2D eigenvalue weighted by atomic mass is 35.5. The van der Waals surface area contributed by atoms with Crippen LogP contribution < -0.4 is 10.1 Å². The van der Waals surface area contributed by atoms with E-state index in [0.717, 1.165) is 36.5 Å². The Morgan fingerprint density at radius 2 is 2.19 bits per heavy atom. The molecule has 1 aliphatic rings. The second kappa shape index (κ2) is 6.59. The number of pyridine rings is 1. The number of hydrogen-bond acceptors (Lipinski definition) is 4. The lowest BCUT2D eigenvalue weighted by Crippen LogP contribution is -2.30. The van der Waals surface area contributed by atoms with Gasteiger partial charge in [0.1, 0.15) is 12.4 Å². The van der Waals surface area contributed by atoms with Crippen LogP contribution in [0.15, 0.2) is 47.6 Å². The van der Waals surface area contributed by atoms with Gasteiger partial charge in [-0.25, -0.2) is 4.98 Å². The van der Waals surface area contributed by atoms with Crippen LogP contribution >= 0.6 is 11.6 Å². The van der Waals surface area contributed by atoms with Crippen LogP contribution in [0.25, 0.3) is 0 Å². The van der Waals surface area contributed by atoms with Crippen molar-refractivity contribution in [2.75, 3.05) is 13.1 Å². The van der Waals surface area contributed by atoms with Gasteiger partial charge in [-0.1, -0.05) is 23.7 Å². The molecule has 4 nitrogen and oxygen atoms in total. The van der Waals surface area contributed by atoms with E-state index in [1.165, 1.54) is 0 Å². The molecule has 0 saturated carbocycles. The molecule has 0 amide bonds. The summed E-state index contributed by atoms with van der Waals surface area (Å²) in [5, 5.41) is 4.00. The van der Waals surface area contributed by atoms with Crippen LogP contribution in [0, 0.1) is 0 Å². The Bertz CT molecular complexity index is 657. The molecular weight excluding hydrogens is 286 g/mol. The van der Waals surface area contributed by atoms with Gasteiger partial charge in [0, 0.05) is 24.3 Å². The van der Waals surface area contributed by atoms with Crippen LogP contribution in [0.1, 0.15) is 17.5 Å². The summed E-state index contributed by atoms with van der Waals surface area (Å²) in [6.07, 6.45) is 2.78. The number of ether oxygens (including phenoxy) is 1. The molecule has 1 aromatic heterocycles. The molecule has 2 heterocycles. The van der Waals surface area contributed by atoms with Crippen LogP contribution in [-0.2, 0) is 6.61 Å². The highest BCUT2D eigenvalue weighted by Crippen LogP contribution is 2.18. The first-order valence-corrected chi connectivity index (χ1v) is 7.32. The zero-order valence-corrected chi connectivity index (χ0v) is 12.3. The van der Waals surface area contributed by atoms with E-state index >= 15 is 0 Å². The molecule has 0 bridgehead atoms. The van der Waals surface area contributed by atoms with Gasteiger partial charge in [0.05, 0.1) is 5.56 Å². The maximum Gasteiger partial charge on any atom is 0.224 e. The van der Waals surface area contributed by atoms with Gasteiger partial charge < -0.3 is 10.1 Å². The van der Waals surface area contributed by atoms with Crippen molar-refractivity contribution in [1.29, 1.82) is 0 Å². The quantitative estimate of drug-likeness (QED) is 0.944. The first-order valence-electron chi connectivity index (χ1n) is 6.94. The minimum atomic E-state index is 0.428. The van der Waals surface area contributed by atoms with Gasteiger partial charge >= 0.3 is 0 Å². The number of amidine groups is 1. The number of nitrogens with zero attached hydrogens (tertiary/aromatic N) is 2. The topological polar surface area (TPSA) is 46.5 Å². The summed E-state index contributed by atoms with van der Waals surface area (Å²) in [5.41, 5.74) is 1.91. The largest absolute Gasteiger partial charge is 0.472 e. The fourth-order valence-electron chi connectivity index (χ4n) is 2.18. The van der Waals surface area contributed by atoms with Crippen molar-refractivity contribution in [3.63, 3.8) is 0 Å². The molecule has 1 aromatic carbocycles. The Morgan fingerprint density at radius 3 is 3.00 bits per heavy atom. The fourth-order valence-corrected chi connectivity index (χ4v) is 2.39. The smallest absolute Gasteiger partial charge is 0.224 e. The van der Waals surface area contributed by atoms with E-state index in [2.05, 4.69) is 15.3 Å². The molecule has 21 heavy (non-hydrogen) atoms. The van der Waals surface area contributed by atoms with E-state index in [4.69, 9.17) is 16.3 Å². The molecule has 0 unspecified atom stereocenters. The van der Waals surface area contributed by atoms with Gasteiger partial charge in [0.2, 0.25) is 5.88 Å². The Morgan fingerprint density at radius 1 is 1.24 bits per heavy atom. The zero-order chi connectivity index (χ0) is 14.5. The summed E-state index contributed by atoms with van der Waals surface area (Å²) in [6, 6.07) is 11.5. The molecular formula is C16H16ClN3O. The first kappa shape index (κ1) is 13.9. The summed E-state index contributed by atoms with van der Waals surface area (Å²) >= 11 is 5.98. The average molecular weight is 302 g/mol. The third kappa shape index (κ3) is 3.52. The molecule has 1 aliphatic heterocycles. The molecule has 5 heteroatoms. The monoisotopic (exact) mass is 301 g/mol. The maximum atomic E-state index is 5.98. The number of nitrogens with one attached hydrogen (secondary N) is 1. The molecule has 0 saturated heterocycles. The molecule has 0 fully saturated rings. The lowest BCUT2D eigenvalue weighted by molar-refractivity contribution is 0.293. The first-order chi connectivity index (χ1) is 10.3. The van der Waals surface area contributed by atoms with Crippen molar-refractivity contribution in [3.8, 4) is 5.88 Å². The second-order valence-electron chi connectivity index (χ2n) is 4.79. The van der Waals surface area contributed by atoms with Crippen molar-refractivity contribution in [3.05, 3.63) is 58.7 Å². The fraction of sp³-hybridized carbons (Fsp3) is 0.250. The second-order valence-corrected chi connectivity index (χ2v) is 5.22. The molecule has 0 atom stereocenters. The number of halogens is 1. The molecule has 1 N–H and O–H groups in total. The third-order valence-corrected chi connectivity index (χ3v) is 3.42. The molecule has 108 valence electrons. The lowest BCUT2D eigenvalue weighted by Gasteiger charge is -2.17. The maximum absolute atomic E-state index is 5.98. The van der Waals surface area contributed by atoms with Crippen LogP contribution in [0.3, 0.4) is 0 Å². The molecule has 2 aromatic rings. The van der Waals surface area contributed by atoms with Gasteiger partial charge in [-0.15, -0.1) is 0 Å². The summed E-state index contributed by atoms with van der Waals surface area (Å²) in [4.78, 5) is 8.81. The number of aliphatic imine (C=N–C) groups is 1. The Kier molecular flexibility index (Phi) is 4.36. The average Bonchev–Trinajstić information content (AvgIpc) is 2.54. The summed E-state index contributed by atoms with van der Waals surface area (Å²) in [5.74, 6) is 1.45. The Balaban J connectivity index is 1.78. The highest BCUT2D eigenvalue weighted by molar-refractivity contribution is 6.30. The zero-order valence-electron chi connectivity index (χ0n) is 11.6. The molecule has 3 rings (SSSR count). The summed E-state index contributed by atoms with van der Waals surface area (Å²) in [6.45, 7) is 2.20. The predicted molar refractivity (Wildman–Crippen MR) is 84.0 cm³/mol. The Labute approximate surface area is 128 Å². The van der Waals surface area contributed by atoms with E-state index in [1.807, 2.05) is 36.4 Å². The van der Waals surface area contributed by atoms with Crippen molar-refractivity contribution < 1.29 is 4.74 Å². The van der Waals surface area contributed by atoms with Gasteiger partial charge in [-0.05, 0) is 36.2 Å². The van der Waals surface area contributed by atoms with Crippen molar-refractivity contribution in [2.45, 2.75) is 13.0 Å². The Hall–Kier alpha value is -2.07. The van der Waals surface area contributed by atoms with Gasteiger partial charge in [-0.3, -0.25) is 4.99 Å². The van der Waals surface area contributed by atoms with Crippen LogP contribution in [0.4, 0.5) is 0 Å². The van der Waals surface area contributed by atoms with Crippen LogP contribution in [-0.4, -0.2) is 23.9 Å². The van der Waals surface area contributed by atoms with Crippen molar-refractivity contribution in [2.24, 2.45) is 4.99 Å². The van der Waals surface area contributed by atoms with Crippen molar-refractivity contribution >= 4 is 17.4 Å². The van der Waals surface area contributed by atoms with Crippen LogP contribution in [0.2, 0.25) is 5.02 Å². The van der Waals surface area contributed by atoms with Crippen LogP contribution in [0.5, 0.6) is 5.88 Å². The number of benzene rings is 1. The number of aromatic nitrogens is 1. The summed E-state index contributed by atoms with van der Waals surface area (Å²) in [7, 11) is 0. The molecule has 0 radical (unpaired) electrons. The number of hydrogen-bond donors (Lipinski definition) is 1. The SMILES string of the molecule is Clc1cccc(COc2ncccc2C2=NCCCN2)c1. The normalized spacial score (nSPS) is 14.2. The van der Waals surface area contributed by atoms with Crippen molar-refractivity contribution in [1.82, 2.24) is 10.3 Å². The van der Waals surface area contributed by atoms with Gasteiger partial charge in [-0.2, -0.15) is 0 Å². The van der Waals surface area contributed by atoms with E-state index in [-0.39, 0.29) is 0 Å². The standard InChI is InChI=1S/C16H16ClN3O/c17-13-5-1-4-12(10-13)11-21-16-14(6-2-7-20-16)15-18-8-3-9-19-15/h1-2,4-7,10H,3,8-9,11H2,(H,18,19). The van der Waals surface area contributed by atoms with E-state index in [9.17, 15) is 0 Å². The van der Waals surface area contributed by atoms with E-state index in [1.54, 1.807) is 6.20 Å². The summed E-state index contributed by atoms with van der Waals surface area (Å²) < 4.78 is 5.84. The van der Waals surface area contributed by atoms with E-state index < -0.39 is 0 Å². The van der Waals surface area contributed by atoms with E-state index in [0.29, 0.717) is 17.5 Å². The lowest BCUT2D eigenvalue weighted by atomic mass is 10.2. The molecule has 0 aliphatic carbocycles. The number of rotatable bonds is 4. The third-order valence-electron chi connectivity index (χ3n) is 3.19. The highest BCUT2D eigenvalue weighted by Gasteiger charge is 2.13.